The van der Waals surface area contributed by atoms with E-state index in [0.717, 1.165) is 43.4 Å². The summed E-state index contributed by atoms with van der Waals surface area (Å²) in [6, 6.07) is 5.82. The number of hydrogen-bond donors (Lipinski definition) is 3. The quantitative estimate of drug-likeness (QED) is 0.770. The normalized spacial score (nSPS) is 14.3. The third-order valence-corrected chi connectivity index (χ3v) is 3.40. The number of nitrogens with one attached hydrogen (secondary N) is 2. The molecule has 3 heterocycles. The van der Waals surface area contributed by atoms with Crippen molar-refractivity contribution in [1.82, 2.24) is 20.3 Å². The first-order chi connectivity index (χ1) is 10.3. The molecule has 2 aromatic heterocycles. The number of rotatable bonds is 4. The molecule has 8 heteroatoms. The lowest BCUT2D eigenvalue weighted by molar-refractivity contribution is 0.585. The van der Waals surface area contributed by atoms with Crippen LogP contribution in [0.3, 0.4) is 0 Å². The molecule has 0 spiro atoms. The van der Waals surface area contributed by atoms with Gasteiger partial charge in [-0.15, -0.1) is 12.4 Å². The molecular weight excluding hydrogens is 302 g/mol. The molecule has 0 amide bonds. The van der Waals surface area contributed by atoms with Crippen molar-refractivity contribution >= 4 is 29.9 Å². The van der Waals surface area contributed by atoms with E-state index >= 15 is 0 Å². The molecule has 0 saturated carbocycles. The molecule has 0 unspecified atom stereocenters. The minimum Gasteiger partial charge on any atom is -0.376 e. The van der Waals surface area contributed by atoms with Crippen molar-refractivity contribution in [2.24, 2.45) is 0 Å². The molecule has 1 fully saturated rings. The van der Waals surface area contributed by atoms with Gasteiger partial charge in [-0.25, -0.2) is 15.0 Å². The Morgan fingerprint density at radius 3 is 2.77 bits per heavy atom. The molecule has 118 valence electrons. The highest BCUT2D eigenvalue weighted by molar-refractivity contribution is 5.85. The molecule has 0 aromatic carbocycles. The first kappa shape index (κ1) is 16.3. The van der Waals surface area contributed by atoms with Crippen LogP contribution in [0.25, 0.3) is 0 Å². The predicted molar refractivity (Wildman–Crippen MR) is 90.3 cm³/mol. The summed E-state index contributed by atoms with van der Waals surface area (Å²) in [5, 5.41) is 6.73. The number of nitrogens with zero attached hydrogens (tertiary/aromatic N) is 4. The summed E-state index contributed by atoms with van der Waals surface area (Å²) in [6.45, 7) is 4.49. The van der Waals surface area contributed by atoms with Gasteiger partial charge in [0.2, 0.25) is 5.95 Å². The van der Waals surface area contributed by atoms with Crippen molar-refractivity contribution in [3.05, 3.63) is 36.3 Å². The Labute approximate surface area is 135 Å². The monoisotopic (exact) mass is 321 g/mol. The van der Waals surface area contributed by atoms with E-state index in [9.17, 15) is 0 Å². The van der Waals surface area contributed by atoms with E-state index in [4.69, 9.17) is 5.73 Å². The fraction of sp³-hybridized carbons (Fsp3) is 0.357. The fourth-order valence-corrected chi connectivity index (χ4v) is 2.36. The van der Waals surface area contributed by atoms with Gasteiger partial charge in [-0.05, 0) is 18.2 Å². The van der Waals surface area contributed by atoms with Crippen LogP contribution in [-0.4, -0.2) is 41.1 Å². The van der Waals surface area contributed by atoms with E-state index in [0.29, 0.717) is 12.5 Å². The summed E-state index contributed by atoms with van der Waals surface area (Å²) in [4.78, 5) is 14.9. The Hall–Kier alpha value is -2.12. The van der Waals surface area contributed by atoms with Crippen LogP contribution in [0.1, 0.15) is 5.69 Å². The number of anilines is 3. The van der Waals surface area contributed by atoms with Gasteiger partial charge in [0, 0.05) is 38.6 Å². The topological polar surface area (TPSA) is 92.0 Å². The molecule has 1 saturated heterocycles. The van der Waals surface area contributed by atoms with Crippen molar-refractivity contribution in [2.75, 3.05) is 42.1 Å². The summed E-state index contributed by atoms with van der Waals surface area (Å²) < 4.78 is 0. The summed E-state index contributed by atoms with van der Waals surface area (Å²) >= 11 is 0. The first-order valence-corrected chi connectivity index (χ1v) is 7.05. The zero-order valence-corrected chi connectivity index (χ0v) is 13.0. The Balaban J connectivity index is 0.00000176. The first-order valence-electron chi connectivity index (χ1n) is 7.05. The van der Waals surface area contributed by atoms with Gasteiger partial charge in [0.15, 0.2) is 5.82 Å². The smallest absolute Gasteiger partial charge is 0.220 e. The molecule has 4 N–H and O–H groups in total. The average molecular weight is 322 g/mol. The molecule has 0 bridgehead atoms. The molecule has 0 radical (unpaired) electrons. The lowest BCUT2D eigenvalue weighted by Crippen LogP contribution is -2.44. The molecule has 7 nitrogen and oxygen atoms in total. The highest BCUT2D eigenvalue weighted by Crippen LogP contribution is 2.23. The molecule has 1 aliphatic rings. The molecule has 1 aliphatic heterocycles. The number of nitrogen functional groups attached to an aromatic ring is 1. The van der Waals surface area contributed by atoms with Crippen LogP contribution in [0.5, 0.6) is 0 Å². The Bertz CT molecular complexity index is 601. The van der Waals surface area contributed by atoms with Gasteiger partial charge in [-0.3, -0.25) is 0 Å². The molecule has 0 atom stereocenters. The van der Waals surface area contributed by atoms with E-state index in [1.807, 2.05) is 24.4 Å². The van der Waals surface area contributed by atoms with Crippen LogP contribution >= 0.6 is 12.4 Å². The molecular formula is C14H20ClN7. The van der Waals surface area contributed by atoms with Gasteiger partial charge in [0.25, 0.3) is 0 Å². The minimum atomic E-state index is 0. The lowest BCUT2D eigenvalue weighted by Gasteiger charge is -2.30. The molecule has 0 aliphatic carbocycles. The van der Waals surface area contributed by atoms with Gasteiger partial charge in [-0.1, -0.05) is 0 Å². The Kier molecular flexibility index (Phi) is 5.74. The van der Waals surface area contributed by atoms with Gasteiger partial charge in [0.05, 0.1) is 17.9 Å². The van der Waals surface area contributed by atoms with E-state index in [1.165, 1.54) is 0 Å². The molecule has 22 heavy (non-hydrogen) atoms. The SMILES string of the molecule is Cl.Nc1nccc(CNc2cccnc2N2CCNCC2)n1. The van der Waals surface area contributed by atoms with Gasteiger partial charge in [0.1, 0.15) is 0 Å². The maximum Gasteiger partial charge on any atom is 0.220 e. The Morgan fingerprint density at radius 1 is 1.18 bits per heavy atom. The van der Waals surface area contributed by atoms with Crippen LogP contribution in [0.2, 0.25) is 0 Å². The third-order valence-electron chi connectivity index (χ3n) is 3.40. The summed E-state index contributed by atoms with van der Waals surface area (Å²) in [6.07, 6.45) is 3.49. The molecule has 2 aromatic rings. The maximum absolute atomic E-state index is 5.60. The number of halogens is 1. The second-order valence-electron chi connectivity index (χ2n) is 4.87. The number of nitrogens with two attached hydrogens (primary N) is 1. The standard InChI is InChI=1S/C14H19N7.ClH/c15-14-18-5-3-11(20-14)10-19-12-2-1-4-17-13(12)21-8-6-16-7-9-21;/h1-5,16,19H,6-10H2,(H2,15,18,20);1H. The van der Waals surface area contributed by atoms with Gasteiger partial charge < -0.3 is 21.3 Å². The third kappa shape index (κ3) is 3.96. The summed E-state index contributed by atoms with van der Waals surface area (Å²) in [7, 11) is 0. The van der Waals surface area contributed by atoms with Crippen molar-refractivity contribution < 1.29 is 0 Å². The van der Waals surface area contributed by atoms with Crippen LogP contribution < -0.4 is 21.3 Å². The van der Waals surface area contributed by atoms with E-state index in [2.05, 4.69) is 30.5 Å². The minimum absolute atomic E-state index is 0. The highest BCUT2D eigenvalue weighted by Gasteiger charge is 2.15. The number of pyridine rings is 1. The van der Waals surface area contributed by atoms with Crippen LogP contribution in [0, 0.1) is 0 Å². The second-order valence-corrected chi connectivity index (χ2v) is 4.87. The van der Waals surface area contributed by atoms with Crippen molar-refractivity contribution in [1.29, 1.82) is 0 Å². The number of aromatic nitrogens is 3. The van der Waals surface area contributed by atoms with Crippen molar-refractivity contribution in [3.63, 3.8) is 0 Å². The van der Waals surface area contributed by atoms with E-state index in [1.54, 1.807) is 6.20 Å². The summed E-state index contributed by atoms with van der Waals surface area (Å²) in [5.74, 6) is 1.28. The fourth-order valence-electron chi connectivity index (χ4n) is 2.36. The Morgan fingerprint density at radius 2 is 2.00 bits per heavy atom. The van der Waals surface area contributed by atoms with Crippen LogP contribution in [0.4, 0.5) is 17.5 Å². The predicted octanol–water partition coefficient (Wildman–Crippen LogP) is 0.897. The second kappa shape index (κ2) is 7.77. The largest absolute Gasteiger partial charge is 0.376 e. The van der Waals surface area contributed by atoms with Crippen LogP contribution in [-0.2, 0) is 6.54 Å². The lowest BCUT2D eigenvalue weighted by atomic mass is 10.3. The maximum atomic E-state index is 5.60. The zero-order chi connectivity index (χ0) is 14.5. The van der Waals surface area contributed by atoms with Gasteiger partial charge in [-0.2, -0.15) is 0 Å². The van der Waals surface area contributed by atoms with Crippen molar-refractivity contribution in [2.45, 2.75) is 6.54 Å². The number of piperazine rings is 1. The number of hydrogen-bond acceptors (Lipinski definition) is 7. The average Bonchev–Trinajstić information content (AvgIpc) is 2.54. The van der Waals surface area contributed by atoms with Crippen molar-refractivity contribution in [3.8, 4) is 0 Å². The zero-order valence-electron chi connectivity index (χ0n) is 12.2. The van der Waals surface area contributed by atoms with Crippen LogP contribution in [0.15, 0.2) is 30.6 Å². The molecule has 3 rings (SSSR count). The highest BCUT2D eigenvalue weighted by atomic mass is 35.5. The van der Waals surface area contributed by atoms with E-state index < -0.39 is 0 Å². The summed E-state index contributed by atoms with van der Waals surface area (Å²) in [5.41, 5.74) is 7.47. The van der Waals surface area contributed by atoms with Gasteiger partial charge >= 0.3 is 0 Å². The van der Waals surface area contributed by atoms with E-state index in [-0.39, 0.29) is 12.4 Å².